The van der Waals surface area contributed by atoms with Gasteiger partial charge in [-0.15, -0.1) is 0 Å². The molecule has 2 rings (SSSR count). The van der Waals surface area contributed by atoms with E-state index < -0.39 is 10.7 Å². The lowest BCUT2D eigenvalue weighted by Gasteiger charge is -2.06. The smallest absolute Gasteiger partial charge is 0.407 e. The number of nitrogens with zero attached hydrogens (tertiary/aromatic N) is 2. The lowest BCUT2D eigenvalue weighted by atomic mass is 10.1. The first kappa shape index (κ1) is 21.2. The maximum Gasteiger partial charge on any atom is 0.421 e. The molecule has 0 aliphatic heterocycles. The molecule has 1 N–H and O–H groups in total. The molecule has 1 heterocycles. The molecule has 0 saturated carbocycles. The largest absolute Gasteiger partial charge is 0.421 e. The normalized spacial score (nSPS) is 11.3. The minimum Gasteiger partial charge on any atom is -0.407 e. The van der Waals surface area contributed by atoms with Crippen molar-refractivity contribution in [2.45, 2.75) is 77.8 Å². The molecule has 1 aromatic carbocycles. The predicted molar refractivity (Wildman–Crippen MR) is 107 cm³/mol. The summed E-state index contributed by atoms with van der Waals surface area (Å²) in [7, 11) is 0. The highest BCUT2D eigenvalue weighted by molar-refractivity contribution is 5.75. The third kappa shape index (κ3) is 6.82. The van der Waals surface area contributed by atoms with Crippen LogP contribution in [-0.2, 0) is 6.67 Å². The van der Waals surface area contributed by atoms with E-state index >= 15 is 0 Å². The van der Waals surface area contributed by atoms with Gasteiger partial charge in [-0.3, -0.25) is 20.0 Å². The van der Waals surface area contributed by atoms with Gasteiger partial charge in [-0.25, -0.2) is 4.79 Å². The van der Waals surface area contributed by atoms with E-state index in [4.69, 9.17) is 4.42 Å². The second kappa shape index (κ2) is 11.5. The van der Waals surface area contributed by atoms with Crippen LogP contribution in [0.1, 0.15) is 71.1 Å². The summed E-state index contributed by atoms with van der Waals surface area (Å²) in [5, 5.41) is 14.1. The van der Waals surface area contributed by atoms with Crippen LogP contribution in [0.15, 0.2) is 27.4 Å². The summed E-state index contributed by atoms with van der Waals surface area (Å²) in [5.74, 6) is -0.499. The summed E-state index contributed by atoms with van der Waals surface area (Å²) in [5.41, 5.74) is 0.734. The molecule has 0 radical (unpaired) electrons. The van der Waals surface area contributed by atoms with Gasteiger partial charge in [-0.1, -0.05) is 64.7 Å². The summed E-state index contributed by atoms with van der Waals surface area (Å²) in [4.78, 5) is 22.2. The van der Waals surface area contributed by atoms with Crippen molar-refractivity contribution >= 4 is 16.8 Å². The number of nitro benzene ring substituents is 1. The van der Waals surface area contributed by atoms with Crippen LogP contribution in [0.3, 0.4) is 0 Å². The minimum atomic E-state index is -0.500. The molecule has 0 saturated heterocycles. The number of non-ortho nitro benzene ring substituents is 1. The van der Waals surface area contributed by atoms with Gasteiger partial charge in [0.2, 0.25) is 0 Å². The average Bonchev–Trinajstić information content (AvgIpc) is 2.97. The number of benzene rings is 1. The fraction of sp³-hybridized carbons (Fsp3) is 0.650. The number of nitro groups is 1. The molecule has 0 amide bonds. The molecule has 0 atom stereocenters. The van der Waals surface area contributed by atoms with Crippen LogP contribution in [0.25, 0.3) is 11.1 Å². The Morgan fingerprint density at radius 1 is 1.04 bits per heavy atom. The van der Waals surface area contributed by atoms with Crippen molar-refractivity contribution in [3.8, 4) is 0 Å². The van der Waals surface area contributed by atoms with Crippen LogP contribution in [0.2, 0.25) is 0 Å². The molecule has 27 heavy (non-hydrogen) atoms. The summed E-state index contributed by atoms with van der Waals surface area (Å²) in [6.45, 7) is 3.43. The molecule has 0 aliphatic rings. The molecule has 0 fully saturated rings. The molecule has 1 aromatic heterocycles. The topological polar surface area (TPSA) is 90.3 Å². The Hall–Kier alpha value is -2.15. The van der Waals surface area contributed by atoms with Crippen molar-refractivity contribution in [2.24, 2.45) is 0 Å². The Kier molecular flexibility index (Phi) is 9.04. The zero-order chi connectivity index (χ0) is 19.5. The van der Waals surface area contributed by atoms with Crippen LogP contribution in [0, 0.1) is 10.1 Å². The molecule has 150 valence electrons. The van der Waals surface area contributed by atoms with Gasteiger partial charge >= 0.3 is 5.76 Å². The molecule has 2 aromatic rings. The van der Waals surface area contributed by atoms with Gasteiger partial charge < -0.3 is 4.42 Å². The Bertz CT molecular complexity index is 766. The molecule has 0 aliphatic carbocycles. The van der Waals surface area contributed by atoms with E-state index in [-0.39, 0.29) is 11.3 Å². The van der Waals surface area contributed by atoms with Crippen LogP contribution >= 0.6 is 0 Å². The number of oxazole rings is 1. The van der Waals surface area contributed by atoms with E-state index in [9.17, 15) is 14.9 Å². The molecule has 0 spiro atoms. The number of nitrogens with one attached hydrogen (secondary N) is 1. The van der Waals surface area contributed by atoms with Gasteiger partial charge in [0.05, 0.1) is 23.2 Å². The van der Waals surface area contributed by atoms with Crippen molar-refractivity contribution < 1.29 is 9.34 Å². The summed E-state index contributed by atoms with van der Waals surface area (Å²) in [6, 6.07) is 4.23. The van der Waals surface area contributed by atoms with E-state index in [1.54, 1.807) is 6.07 Å². The third-order valence-electron chi connectivity index (χ3n) is 4.84. The predicted octanol–water partition coefficient (Wildman–Crippen LogP) is 4.97. The molecule has 0 bridgehead atoms. The van der Waals surface area contributed by atoms with Crippen LogP contribution < -0.4 is 11.1 Å². The van der Waals surface area contributed by atoms with E-state index in [1.165, 1.54) is 74.5 Å². The maximum absolute atomic E-state index is 11.9. The molecular formula is C20H31N3O4. The number of unbranched alkanes of at least 4 members (excludes halogenated alkanes) is 9. The molecule has 0 unspecified atom stereocenters. The Labute approximate surface area is 159 Å². The summed E-state index contributed by atoms with van der Waals surface area (Å²) >= 11 is 0. The van der Waals surface area contributed by atoms with E-state index in [2.05, 4.69) is 12.2 Å². The fourth-order valence-corrected chi connectivity index (χ4v) is 3.25. The number of aromatic nitrogens is 1. The van der Waals surface area contributed by atoms with E-state index in [1.807, 2.05) is 0 Å². The molecule has 7 heteroatoms. The number of rotatable bonds is 14. The Morgan fingerprint density at radius 3 is 2.30 bits per heavy atom. The van der Waals surface area contributed by atoms with Crippen LogP contribution in [0.5, 0.6) is 0 Å². The van der Waals surface area contributed by atoms with Crippen molar-refractivity contribution in [3.63, 3.8) is 0 Å². The minimum absolute atomic E-state index is 0.0817. The highest BCUT2D eigenvalue weighted by Crippen LogP contribution is 2.19. The molecule has 7 nitrogen and oxygen atoms in total. The Balaban J connectivity index is 1.63. The van der Waals surface area contributed by atoms with Crippen LogP contribution in [-0.4, -0.2) is 16.0 Å². The summed E-state index contributed by atoms with van der Waals surface area (Å²) in [6.07, 6.45) is 12.9. The van der Waals surface area contributed by atoms with Gasteiger partial charge in [0.25, 0.3) is 5.69 Å². The fourth-order valence-electron chi connectivity index (χ4n) is 3.25. The van der Waals surface area contributed by atoms with Gasteiger partial charge in [0.15, 0.2) is 5.58 Å². The SMILES string of the molecule is CCCCCCCCCCCCNCn1c(=O)oc2cc([N+](=O)[O-])ccc21. The quantitative estimate of drug-likeness (QED) is 0.285. The average molecular weight is 377 g/mol. The first-order valence-corrected chi connectivity index (χ1v) is 10.1. The molecular weight excluding hydrogens is 346 g/mol. The van der Waals surface area contributed by atoms with Gasteiger partial charge in [0.1, 0.15) is 0 Å². The first-order chi connectivity index (χ1) is 13.1. The summed E-state index contributed by atoms with van der Waals surface area (Å²) < 4.78 is 6.58. The standard InChI is InChI=1S/C20H31N3O4/c1-2-3-4-5-6-7-8-9-10-11-14-21-16-22-18-13-12-17(23(25)26)15-19(18)27-20(22)24/h12-13,15,21H,2-11,14,16H2,1H3. The number of hydrogen-bond donors (Lipinski definition) is 1. The monoisotopic (exact) mass is 377 g/mol. The van der Waals surface area contributed by atoms with Crippen molar-refractivity contribution in [1.29, 1.82) is 0 Å². The van der Waals surface area contributed by atoms with Gasteiger partial charge in [-0.2, -0.15) is 0 Å². The highest BCUT2D eigenvalue weighted by atomic mass is 16.6. The lowest BCUT2D eigenvalue weighted by Crippen LogP contribution is -2.25. The zero-order valence-electron chi connectivity index (χ0n) is 16.2. The van der Waals surface area contributed by atoms with Crippen LogP contribution in [0.4, 0.5) is 5.69 Å². The van der Waals surface area contributed by atoms with Gasteiger partial charge in [0, 0.05) is 6.07 Å². The van der Waals surface area contributed by atoms with Crippen molar-refractivity contribution in [2.75, 3.05) is 6.54 Å². The first-order valence-electron chi connectivity index (χ1n) is 10.1. The number of fused-ring (bicyclic) bond motifs is 1. The maximum atomic E-state index is 11.9. The Morgan fingerprint density at radius 2 is 1.67 bits per heavy atom. The van der Waals surface area contributed by atoms with Crippen molar-refractivity contribution in [1.82, 2.24) is 9.88 Å². The van der Waals surface area contributed by atoms with E-state index in [0.29, 0.717) is 12.2 Å². The number of hydrogen-bond acceptors (Lipinski definition) is 5. The highest BCUT2D eigenvalue weighted by Gasteiger charge is 2.13. The third-order valence-corrected chi connectivity index (χ3v) is 4.84. The van der Waals surface area contributed by atoms with E-state index in [0.717, 1.165) is 13.0 Å². The zero-order valence-corrected chi connectivity index (χ0v) is 16.2. The van der Waals surface area contributed by atoms with Gasteiger partial charge in [-0.05, 0) is 19.0 Å². The second-order valence-corrected chi connectivity index (χ2v) is 7.05. The lowest BCUT2D eigenvalue weighted by molar-refractivity contribution is -0.384. The second-order valence-electron chi connectivity index (χ2n) is 7.05. The van der Waals surface area contributed by atoms with Crippen molar-refractivity contribution in [3.05, 3.63) is 38.9 Å².